The molecule has 0 heterocycles. The zero-order chi connectivity index (χ0) is 15.9. The average molecular weight is 141 g/mol. The predicted molar refractivity (Wildman–Crippen MR) is 35.1 cm³/mol. The van der Waals surface area contributed by atoms with Gasteiger partial charge in [0.05, 0.1) is 1.37 Å². The summed E-state index contributed by atoms with van der Waals surface area (Å²) >= 11 is 0. The lowest BCUT2D eigenvalue weighted by molar-refractivity contribution is -0.138. The highest BCUT2D eigenvalue weighted by atomic mass is 16.4. The number of carbonyl (C=O) groups is 1. The predicted octanol–water partition coefficient (Wildman–Crippen LogP) is 0.444. The molecule has 9 heavy (non-hydrogen) atoms. The van der Waals surface area contributed by atoms with Gasteiger partial charge in [0.1, 0.15) is 8.84 Å². The van der Waals surface area contributed by atoms with Crippen LogP contribution in [0.1, 0.15) is 31.1 Å². The van der Waals surface area contributed by atoms with E-state index in [0.717, 1.165) is 0 Å². The van der Waals surface area contributed by atoms with Crippen LogP contribution in [0.25, 0.3) is 0 Å². The first kappa shape index (κ1) is 1.53. The Balaban J connectivity index is 6.15. The van der Waals surface area contributed by atoms with Gasteiger partial charge in [0, 0.05) is 9.60 Å². The van der Waals surface area contributed by atoms with Crippen LogP contribution in [-0.2, 0) is 4.79 Å². The number of nitrogens with two attached hydrogens (primary N) is 1. The summed E-state index contributed by atoms with van der Waals surface area (Å²) in [5.74, 6) is -5.57. The molecule has 0 radical (unpaired) electrons. The van der Waals surface area contributed by atoms with Crippen LogP contribution >= 0.6 is 0 Å². The van der Waals surface area contributed by atoms with Gasteiger partial charge in [0.15, 0.2) is 0 Å². The van der Waals surface area contributed by atoms with Crippen LogP contribution in [0, 0.1) is 5.89 Å². The number of hydrogen-bond donors (Lipinski definition) is 2. The second-order valence-electron chi connectivity index (χ2n) is 1.26. The van der Waals surface area contributed by atoms with Crippen LogP contribution in [0.2, 0.25) is 2.82 Å². The quantitative estimate of drug-likeness (QED) is 0.597. The highest BCUT2D eigenvalue weighted by Crippen LogP contribution is 2.01. The second kappa shape index (κ2) is 3.45. The third-order valence-corrected chi connectivity index (χ3v) is 0.472. The molecule has 0 aliphatic rings. The molecule has 0 aromatic carbocycles. The van der Waals surface area contributed by atoms with E-state index in [4.69, 9.17) is 18.9 Å². The molecule has 2 unspecified atom stereocenters. The Morgan fingerprint density at radius 3 is 3.44 bits per heavy atom. The van der Waals surface area contributed by atoms with Crippen molar-refractivity contribution in [2.24, 2.45) is 11.6 Å². The van der Waals surface area contributed by atoms with E-state index >= 15 is 0 Å². The van der Waals surface area contributed by atoms with E-state index in [1.807, 2.05) is 0 Å². The van der Waals surface area contributed by atoms with E-state index in [0.29, 0.717) is 0 Å². The molecule has 0 bridgehead atoms. The summed E-state index contributed by atoms with van der Waals surface area (Å²) in [6, 6.07) is -3.66. The van der Waals surface area contributed by atoms with Crippen molar-refractivity contribution in [3.05, 3.63) is 0 Å². The van der Waals surface area contributed by atoms with Crippen molar-refractivity contribution < 1.29 is 23.7 Å². The largest absolute Gasteiger partial charge is 0.480 e. The highest BCUT2D eigenvalue weighted by molar-refractivity contribution is 5.72. The lowest BCUT2D eigenvalue weighted by atomic mass is 10.1. The zero-order valence-electron chi connectivity index (χ0n) is 14.5. The molecule has 3 N–H and O–H groups in total. The smallest absolute Gasteiger partial charge is 0.320 e. The SMILES string of the molecule is [2H]CC([2H])(C([2H])([2H])[2H])C([2H])([2H])C([2H])(C(=O)O)N([2H])[2H]. The summed E-state index contributed by atoms with van der Waals surface area (Å²) in [6.07, 6.45) is -3.68. The molecular weight excluding hydrogens is 118 g/mol. The minimum Gasteiger partial charge on any atom is -0.480 e. The second-order valence-corrected chi connectivity index (χ2v) is 1.26. The van der Waals surface area contributed by atoms with Crippen molar-refractivity contribution in [3.8, 4) is 0 Å². The van der Waals surface area contributed by atoms with Crippen molar-refractivity contribution in [3.63, 3.8) is 0 Å². The van der Waals surface area contributed by atoms with E-state index in [1.54, 1.807) is 0 Å². The third kappa shape index (κ3) is 3.97. The van der Waals surface area contributed by atoms with E-state index < -0.39 is 43.7 Å². The van der Waals surface area contributed by atoms with Gasteiger partial charge in [-0.3, -0.25) is 4.79 Å². The van der Waals surface area contributed by atoms with Gasteiger partial charge in [0.2, 0.25) is 0 Å². The molecule has 0 spiro atoms. The topological polar surface area (TPSA) is 63.3 Å². The summed E-state index contributed by atoms with van der Waals surface area (Å²) in [7, 11) is 0. The van der Waals surface area contributed by atoms with Crippen molar-refractivity contribution in [1.82, 2.24) is 0 Å². The van der Waals surface area contributed by atoms with Crippen molar-refractivity contribution in [2.75, 3.05) is 0 Å². The molecule has 3 heteroatoms. The fourth-order valence-corrected chi connectivity index (χ4v) is 0.196. The number of aliphatic carboxylic acids is 1. The summed E-state index contributed by atoms with van der Waals surface area (Å²) in [4.78, 5) is 11.0. The van der Waals surface area contributed by atoms with Crippen molar-refractivity contribution >= 4 is 5.97 Å². The van der Waals surface area contributed by atoms with Gasteiger partial charge < -0.3 is 10.8 Å². The molecule has 0 fully saturated rings. The standard InChI is InChI=1S/C6H13NO2/c1-4(2)3-5(7)6(8)9/h4-5H,3,7H2,1-2H3,(H,8,9)/i1D,2D3,3D2,4D,5D/hD2. The summed E-state index contributed by atoms with van der Waals surface area (Å²) in [5, 5.41) is 8.83. The molecule has 0 aliphatic carbocycles. The van der Waals surface area contributed by atoms with Gasteiger partial charge in [-0.15, -0.1) is 0 Å². The summed E-state index contributed by atoms with van der Waals surface area (Å²) in [5.41, 5.74) is -0.819. The minimum absolute atomic E-state index is 0.819. The molecule has 2 atom stereocenters. The zero-order valence-corrected chi connectivity index (χ0v) is 4.51. The third-order valence-electron chi connectivity index (χ3n) is 0.472. The molecule has 0 amide bonds. The van der Waals surface area contributed by atoms with Gasteiger partial charge in [-0.05, 0) is 12.3 Å². The number of carboxylic acids is 1. The monoisotopic (exact) mass is 141 g/mol. The lowest BCUT2D eigenvalue weighted by Gasteiger charge is -2.07. The molecule has 54 valence electrons. The Kier molecular flexibility index (Phi) is 0.588. The lowest BCUT2D eigenvalue weighted by Crippen LogP contribution is -2.31. The Labute approximate surface area is 69.0 Å². The first-order valence-electron chi connectivity index (χ1n) is 7.11. The maximum Gasteiger partial charge on any atom is 0.320 e. The minimum atomic E-state index is -3.68. The van der Waals surface area contributed by atoms with Gasteiger partial charge in [-0.1, -0.05) is 13.8 Å². The fourth-order valence-electron chi connectivity index (χ4n) is 0.196. The summed E-state index contributed by atoms with van der Waals surface area (Å²) < 4.78 is 71.9. The van der Waals surface area contributed by atoms with Gasteiger partial charge in [0.25, 0.3) is 0 Å². The maximum atomic E-state index is 11.0. The fraction of sp³-hybridized carbons (Fsp3) is 0.833. The van der Waals surface area contributed by atoms with Crippen molar-refractivity contribution in [2.45, 2.75) is 26.1 Å². The van der Waals surface area contributed by atoms with E-state index in [-0.39, 0.29) is 0 Å². The van der Waals surface area contributed by atoms with Crippen LogP contribution in [0.5, 0.6) is 0 Å². The van der Waals surface area contributed by atoms with Gasteiger partial charge in [-0.25, -0.2) is 0 Å². The molecule has 0 aliphatic heterocycles. The molecule has 0 rings (SSSR count). The Morgan fingerprint density at radius 2 is 3.11 bits per heavy atom. The Hall–Kier alpha value is -0.570. The Morgan fingerprint density at radius 1 is 2.33 bits per heavy atom. The van der Waals surface area contributed by atoms with Crippen LogP contribution in [0.3, 0.4) is 0 Å². The van der Waals surface area contributed by atoms with Crippen LogP contribution in [0.4, 0.5) is 0 Å². The van der Waals surface area contributed by atoms with Gasteiger partial charge in [-0.2, -0.15) is 0 Å². The first-order chi connectivity index (χ1) is 8.20. The van der Waals surface area contributed by atoms with Gasteiger partial charge >= 0.3 is 5.97 Å². The van der Waals surface area contributed by atoms with Crippen molar-refractivity contribution in [1.29, 1.82) is 0 Å². The first-order valence-corrected chi connectivity index (χ1v) is 2.00. The van der Waals surface area contributed by atoms with E-state index in [1.165, 1.54) is 0 Å². The number of hydrogen-bond acceptors (Lipinski definition) is 2. The molecular formula is C6H13NO2. The van der Waals surface area contributed by atoms with Crippen LogP contribution < -0.4 is 5.72 Å². The highest BCUT2D eigenvalue weighted by Gasteiger charge is 2.11. The molecule has 0 saturated carbocycles. The average Bonchev–Trinajstić information content (AvgIpc) is 2.23. The molecule has 0 aromatic heterocycles. The van der Waals surface area contributed by atoms with Crippen LogP contribution in [0.15, 0.2) is 0 Å². The van der Waals surface area contributed by atoms with E-state index in [9.17, 15) is 4.79 Å². The molecule has 3 nitrogen and oxygen atoms in total. The molecule has 0 saturated heterocycles. The summed E-state index contributed by atoms with van der Waals surface area (Å²) in [6.45, 7) is -4.77. The maximum absolute atomic E-state index is 11.0. The normalized spacial score (nSPS) is 43.2. The number of rotatable bonds is 4. The van der Waals surface area contributed by atoms with Crippen LogP contribution in [-0.4, -0.2) is 17.1 Å². The number of carboxylic acid groups (broad SMARTS) is 1. The Bertz CT molecular complexity index is 356. The van der Waals surface area contributed by atoms with E-state index in [2.05, 4.69) is 0 Å². The molecule has 0 aromatic rings.